The number of benzene rings is 2. The summed E-state index contributed by atoms with van der Waals surface area (Å²) in [5.74, 6) is -0.0437. The van der Waals surface area contributed by atoms with E-state index in [1.807, 2.05) is 69.0 Å². The molecule has 2 aromatic rings. The van der Waals surface area contributed by atoms with Crippen molar-refractivity contribution in [3.8, 4) is 0 Å². The van der Waals surface area contributed by atoms with Crippen LogP contribution in [0, 0.1) is 0 Å². The second-order valence-corrected chi connectivity index (χ2v) is 7.15. The second-order valence-electron chi connectivity index (χ2n) is 7.15. The number of hydrogen-bond acceptors (Lipinski definition) is 3. The van der Waals surface area contributed by atoms with E-state index in [2.05, 4.69) is 10.6 Å². The Morgan fingerprint density at radius 1 is 1.00 bits per heavy atom. The lowest BCUT2D eigenvalue weighted by molar-refractivity contribution is 0.0685. The zero-order chi connectivity index (χ0) is 18.8. The van der Waals surface area contributed by atoms with Crippen molar-refractivity contribution in [3.05, 3.63) is 65.2 Å². The highest BCUT2D eigenvalue weighted by Gasteiger charge is 2.37. The van der Waals surface area contributed by atoms with Gasteiger partial charge in [-0.05, 0) is 58.0 Å². The first-order valence-corrected chi connectivity index (χ1v) is 8.97. The molecule has 5 nitrogen and oxygen atoms in total. The number of amides is 2. The molecule has 2 N–H and O–H groups in total. The lowest BCUT2D eigenvalue weighted by Gasteiger charge is -2.30. The molecule has 0 radical (unpaired) electrons. The summed E-state index contributed by atoms with van der Waals surface area (Å²) in [6.07, 6.45) is -0.214. The molecule has 1 aliphatic heterocycles. The molecule has 2 amide bonds. The van der Waals surface area contributed by atoms with Gasteiger partial charge in [-0.1, -0.05) is 18.2 Å². The van der Waals surface area contributed by atoms with Gasteiger partial charge in [0.05, 0.1) is 0 Å². The summed E-state index contributed by atoms with van der Waals surface area (Å²) in [6.45, 7) is 7.89. The van der Waals surface area contributed by atoms with E-state index in [0.717, 1.165) is 16.8 Å². The quantitative estimate of drug-likeness (QED) is 0.861. The maximum atomic E-state index is 12.7. The van der Waals surface area contributed by atoms with E-state index in [1.54, 1.807) is 12.1 Å². The Hall–Kier alpha value is -2.82. The van der Waals surface area contributed by atoms with Crippen LogP contribution in [0.4, 0.5) is 5.69 Å². The van der Waals surface area contributed by atoms with Gasteiger partial charge in [-0.2, -0.15) is 0 Å². The molecular formula is C21H25N3O2. The number of rotatable bonds is 5. The fraction of sp³-hybridized carbons (Fsp3) is 0.333. The van der Waals surface area contributed by atoms with Gasteiger partial charge in [-0.25, -0.2) is 0 Å². The predicted molar refractivity (Wildman–Crippen MR) is 103 cm³/mol. The van der Waals surface area contributed by atoms with Gasteiger partial charge in [0.2, 0.25) is 0 Å². The molecule has 1 heterocycles. The molecular weight excluding hydrogens is 326 g/mol. The molecule has 2 aromatic carbocycles. The van der Waals surface area contributed by atoms with Crippen molar-refractivity contribution in [1.29, 1.82) is 0 Å². The van der Waals surface area contributed by atoms with Gasteiger partial charge in [0.1, 0.15) is 6.17 Å². The van der Waals surface area contributed by atoms with Crippen LogP contribution < -0.4 is 10.6 Å². The summed E-state index contributed by atoms with van der Waals surface area (Å²) in [6, 6.07) is 15.2. The Kier molecular flexibility index (Phi) is 4.98. The molecule has 3 rings (SSSR count). The molecule has 1 atom stereocenters. The number of carbonyl (C=O) groups excluding carboxylic acids is 2. The number of hydrogen-bond donors (Lipinski definition) is 2. The largest absolute Gasteiger partial charge is 0.361 e. The van der Waals surface area contributed by atoms with Crippen molar-refractivity contribution in [2.24, 2.45) is 0 Å². The average Bonchev–Trinajstić information content (AvgIpc) is 2.88. The third kappa shape index (κ3) is 3.43. The van der Waals surface area contributed by atoms with Gasteiger partial charge in [0.25, 0.3) is 11.8 Å². The minimum Gasteiger partial charge on any atom is -0.361 e. The minimum atomic E-state index is -0.214. The zero-order valence-electron chi connectivity index (χ0n) is 15.6. The van der Waals surface area contributed by atoms with Gasteiger partial charge in [-0.15, -0.1) is 0 Å². The summed E-state index contributed by atoms with van der Waals surface area (Å²) in [4.78, 5) is 26.6. The van der Waals surface area contributed by atoms with Gasteiger partial charge >= 0.3 is 0 Å². The van der Waals surface area contributed by atoms with Crippen LogP contribution in [-0.2, 0) is 0 Å². The van der Waals surface area contributed by atoms with Crippen molar-refractivity contribution in [2.75, 3.05) is 5.32 Å². The Morgan fingerprint density at radius 2 is 1.65 bits per heavy atom. The van der Waals surface area contributed by atoms with Crippen molar-refractivity contribution < 1.29 is 9.59 Å². The van der Waals surface area contributed by atoms with Crippen LogP contribution in [0.15, 0.2) is 48.5 Å². The highest BCUT2D eigenvalue weighted by Crippen LogP contribution is 2.35. The number of carbonyl (C=O) groups is 2. The Balaban J connectivity index is 1.83. The van der Waals surface area contributed by atoms with Crippen molar-refractivity contribution in [2.45, 2.75) is 45.9 Å². The normalized spacial score (nSPS) is 16.2. The number of fused-ring (bicyclic) bond motifs is 1. The smallest absolute Gasteiger partial charge is 0.256 e. The summed E-state index contributed by atoms with van der Waals surface area (Å²) in [5.41, 5.74) is 3.21. The van der Waals surface area contributed by atoms with E-state index >= 15 is 0 Å². The molecule has 0 spiro atoms. The second kappa shape index (κ2) is 7.20. The van der Waals surface area contributed by atoms with Gasteiger partial charge in [0, 0.05) is 34.5 Å². The third-order valence-corrected chi connectivity index (χ3v) is 4.43. The minimum absolute atomic E-state index is 0.0426. The molecule has 0 fully saturated rings. The maximum Gasteiger partial charge on any atom is 0.256 e. The lowest BCUT2D eigenvalue weighted by Crippen LogP contribution is -2.37. The van der Waals surface area contributed by atoms with E-state index in [0.29, 0.717) is 5.56 Å². The molecule has 0 saturated carbocycles. The van der Waals surface area contributed by atoms with E-state index in [4.69, 9.17) is 0 Å². The molecule has 1 unspecified atom stereocenters. The fourth-order valence-corrected chi connectivity index (χ4v) is 3.24. The summed E-state index contributed by atoms with van der Waals surface area (Å²) in [7, 11) is 0. The van der Waals surface area contributed by atoms with Crippen LogP contribution in [0.25, 0.3) is 0 Å². The average molecular weight is 351 g/mol. The van der Waals surface area contributed by atoms with Crippen LogP contribution in [0.2, 0.25) is 0 Å². The lowest BCUT2D eigenvalue weighted by atomic mass is 10.1. The summed E-state index contributed by atoms with van der Waals surface area (Å²) in [5, 5.41) is 6.32. The van der Waals surface area contributed by atoms with Gasteiger partial charge in [0.15, 0.2) is 0 Å². The summed E-state index contributed by atoms with van der Waals surface area (Å²) >= 11 is 0. The van der Waals surface area contributed by atoms with Crippen LogP contribution >= 0.6 is 0 Å². The molecule has 5 heteroatoms. The van der Waals surface area contributed by atoms with Crippen LogP contribution in [0.5, 0.6) is 0 Å². The number of nitrogens with zero attached hydrogens (tertiary/aromatic N) is 1. The van der Waals surface area contributed by atoms with Crippen molar-refractivity contribution >= 4 is 17.5 Å². The Labute approximate surface area is 154 Å². The topological polar surface area (TPSA) is 61.4 Å². The molecule has 0 saturated heterocycles. The van der Waals surface area contributed by atoms with E-state index in [-0.39, 0.29) is 30.1 Å². The third-order valence-electron chi connectivity index (χ3n) is 4.43. The number of nitrogens with one attached hydrogen (secondary N) is 2. The highest BCUT2D eigenvalue weighted by molar-refractivity contribution is 5.99. The molecule has 0 aromatic heterocycles. The molecule has 1 aliphatic rings. The van der Waals surface area contributed by atoms with Crippen molar-refractivity contribution in [1.82, 2.24) is 10.2 Å². The number of anilines is 1. The zero-order valence-corrected chi connectivity index (χ0v) is 15.6. The Bertz CT molecular complexity index is 812. The van der Waals surface area contributed by atoms with E-state index in [1.165, 1.54) is 0 Å². The fourth-order valence-electron chi connectivity index (χ4n) is 3.24. The van der Waals surface area contributed by atoms with Crippen molar-refractivity contribution in [3.63, 3.8) is 0 Å². The maximum absolute atomic E-state index is 12.7. The first kappa shape index (κ1) is 18.0. The SMILES string of the molecule is CC(C)NC(=O)c1ccc(NC2c3ccccc3C(=O)N2C(C)C)cc1. The van der Waals surface area contributed by atoms with Gasteiger partial charge in [-0.3, -0.25) is 9.59 Å². The van der Waals surface area contributed by atoms with Gasteiger partial charge < -0.3 is 15.5 Å². The summed E-state index contributed by atoms with van der Waals surface area (Å²) < 4.78 is 0. The molecule has 0 aliphatic carbocycles. The van der Waals surface area contributed by atoms with E-state index < -0.39 is 0 Å². The van der Waals surface area contributed by atoms with Crippen LogP contribution in [0.3, 0.4) is 0 Å². The monoisotopic (exact) mass is 351 g/mol. The molecule has 136 valence electrons. The highest BCUT2D eigenvalue weighted by atomic mass is 16.2. The first-order valence-electron chi connectivity index (χ1n) is 8.97. The molecule has 26 heavy (non-hydrogen) atoms. The molecule has 0 bridgehead atoms. The Morgan fingerprint density at radius 3 is 2.27 bits per heavy atom. The standard InChI is InChI=1S/C21H25N3O2/c1-13(2)22-20(25)15-9-11-16(12-10-15)23-19-17-7-5-6-8-18(17)21(26)24(19)14(3)4/h5-14,19,23H,1-4H3,(H,22,25). The van der Waals surface area contributed by atoms with E-state index in [9.17, 15) is 9.59 Å². The first-order chi connectivity index (χ1) is 12.4. The predicted octanol–water partition coefficient (Wildman–Crippen LogP) is 3.80. The van der Waals surface area contributed by atoms with Crippen LogP contribution in [0.1, 0.15) is 60.1 Å². The van der Waals surface area contributed by atoms with Crippen LogP contribution in [-0.4, -0.2) is 28.8 Å².